The van der Waals surface area contributed by atoms with Gasteiger partial charge in [-0.2, -0.15) is 4.98 Å². The number of sulfone groups is 1. The van der Waals surface area contributed by atoms with Gasteiger partial charge >= 0.3 is 0 Å². The second-order valence-corrected chi connectivity index (χ2v) is 11.9. The van der Waals surface area contributed by atoms with E-state index < -0.39 is 9.84 Å². The number of carbonyl (C=O) groups excluding carboxylic acids is 2. The third-order valence-corrected chi connectivity index (χ3v) is 9.22. The quantitative estimate of drug-likeness (QED) is 0.574. The normalized spacial score (nSPS) is 19.5. The number of aromatic nitrogens is 2. The van der Waals surface area contributed by atoms with Crippen molar-refractivity contribution in [3.8, 4) is 0 Å². The van der Waals surface area contributed by atoms with Crippen LogP contribution in [0.2, 0.25) is 0 Å². The maximum absolute atomic E-state index is 12.9. The number of rotatable bonds is 6. The lowest BCUT2D eigenvalue weighted by molar-refractivity contribution is -0.131. The molecule has 2 fully saturated rings. The molecule has 0 spiro atoms. The molecule has 0 unspecified atom stereocenters. The molecule has 11 heteroatoms. The molecule has 0 atom stereocenters. The van der Waals surface area contributed by atoms with Gasteiger partial charge in [-0.15, -0.1) is 0 Å². The van der Waals surface area contributed by atoms with E-state index in [0.29, 0.717) is 44.8 Å². The molecule has 0 aliphatic carbocycles. The number of likely N-dealkylation sites (tertiary alicyclic amines) is 1. The van der Waals surface area contributed by atoms with E-state index in [1.54, 1.807) is 21.9 Å². The molecule has 4 heterocycles. The van der Waals surface area contributed by atoms with E-state index >= 15 is 0 Å². The number of hydrogen-bond donors (Lipinski definition) is 0. The van der Waals surface area contributed by atoms with E-state index in [-0.39, 0.29) is 40.7 Å². The van der Waals surface area contributed by atoms with E-state index in [0.717, 1.165) is 43.1 Å². The van der Waals surface area contributed by atoms with Crippen LogP contribution in [0.3, 0.4) is 0 Å². The number of ether oxygens (including phenoxy) is 1. The lowest BCUT2D eigenvalue weighted by Crippen LogP contribution is -2.38. The van der Waals surface area contributed by atoms with Gasteiger partial charge in [-0.3, -0.25) is 9.59 Å². The number of anilines is 1. The van der Waals surface area contributed by atoms with Gasteiger partial charge in [0.25, 0.3) is 0 Å². The molecular formula is C25H32N4O6S. The summed E-state index contributed by atoms with van der Waals surface area (Å²) in [6, 6.07) is 4.86. The van der Waals surface area contributed by atoms with Gasteiger partial charge in [0.1, 0.15) is 0 Å². The largest absolute Gasteiger partial charge is 0.381 e. The predicted molar refractivity (Wildman–Crippen MR) is 130 cm³/mol. The Bertz CT molecular complexity index is 1230. The van der Waals surface area contributed by atoms with E-state index in [4.69, 9.17) is 9.26 Å². The first kappa shape index (κ1) is 24.9. The van der Waals surface area contributed by atoms with E-state index in [1.807, 2.05) is 0 Å². The molecule has 2 saturated heterocycles. The van der Waals surface area contributed by atoms with Crippen molar-refractivity contribution < 1.29 is 27.3 Å². The molecule has 10 nitrogen and oxygen atoms in total. The molecule has 0 saturated carbocycles. The van der Waals surface area contributed by atoms with Crippen LogP contribution in [-0.2, 0) is 30.6 Å². The Balaban J connectivity index is 1.13. The van der Waals surface area contributed by atoms with Gasteiger partial charge in [0.2, 0.25) is 17.7 Å². The first-order valence-electron chi connectivity index (χ1n) is 12.6. The molecule has 0 radical (unpaired) electrons. The molecule has 3 aliphatic rings. The summed E-state index contributed by atoms with van der Waals surface area (Å²) in [5.74, 6) is 1.31. The number of carbonyl (C=O) groups is 2. The molecule has 0 bridgehead atoms. The SMILES string of the molecule is CC(=O)N1CCc2cc(S(=O)(=O)CCC(=O)N3CCC(c4nc(C5CCOCC5)no4)CC3)ccc21. The Morgan fingerprint density at radius 1 is 1.06 bits per heavy atom. The fourth-order valence-electron chi connectivity index (χ4n) is 5.31. The first-order valence-corrected chi connectivity index (χ1v) is 14.3. The van der Waals surface area contributed by atoms with Crippen LogP contribution >= 0.6 is 0 Å². The van der Waals surface area contributed by atoms with E-state index in [9.17, 15) is 18.0 Å². The average molecular weight is 517 g/mol. The van der Waals surface area contributed by atoms with Crippen molar-refractivity contribution in [3.05, 3.63) is 35.5 Å². The van der Waals surface area contributed by atoms with Crippen LogP contribution in [0.5, 0.6) is 0 Å². The smallest absolute Gasteiger partial charge is 0.229 e. The van der Waals surface area contributed by atoms with Gasteiger partial charge in [0, 0.05) is 63.7 Å². The highest BCUT2D eigenvalue weighted by atomic mass is 32.2. The number of fused-ring (bicyclic) bond motifs is 1. The van der Waals surface area contributed by atoms with Crippen molar-refractivity contribution in [3.63, 3.8) is 0 Å². The lowest BCUT2D eigenvalue weighted by atomic mass is 9.96. The maximum atomic E-state index is 12.9. The minimum absolute atomic E-state index is 0.0574. The van der Waals surface area contributed by atoms with Crippen LogP contribution in [0.1, 0.15) is 68.1 Å². The molecule has 2 aromatic rings. The Morgan fingerprint density at radius 3 is 2.53 bits per heavy atom. The number of piperidine rings is 1. The Hall–Kier alpha value is -2.79. The summed E-state index contributed by atoms with van der Waals surface area (Å²) in [6.45, 7) is 4.58. The summed E-state index contributed by atoms with van der Waals surface area (Å²) >= 11 is 0. The highest BCUT2D eigenvalue weighted by Gasteiger charge is 2.30. The Kier molecular flexibility index (Phi) is 7.11. The predicted octanol–water partition coefficient (Wildman–Crippen LogP) is 2.44. The van der Waals surface area contributed by atoms with E-state index in [1.165, 1.54) is 13.0 Å². The highest BCUT2D eigenvalue weighted by Crippen LogP contribution is 2.32. The van der Waals surface area contributed by atoms with Crippen molar-refractivity contribution in [2.45, 2.75) is 62.2 Å². The highest BCUT2D eigenvalue weighted by molar-refractivity contribution is 7.91. The van der Waals surface area contributed by atoms with Gasteiger partial charge in [0.05, 0.1) is 10.6 Å². The Morgan fingerprint density at radius 2 is 1.81 bits per heavy atom. The standard InChI is InChI=1S/C25H32N4O6S/c1-17(30)29-12-6-20-16-21(2-3-22(20)29)36(32,33)15-9-23(31)28-10-4-19(5-11-28)25-26-24(27-35-25)18-7-13-34-14-8-18/h2-3,16,18-19H,4-15H2,1H3. The summed E-state index contributed by atoms with van der Waals surface area (Å²) < 4.78 is 36.8. The molecule has 3 aliphatic heterocycles. The Labute approximate surface area is 210 Å². The molecule has 5 rings (SSSR count). The van der Waals surface area contributed by atoms with Crippen molar-refractivity contribution >= 4 is 27.3 Å². The third-order valence-electron chi connectivity index (χ3n) is 7.51. The van der Waals surface area contributed by atoms with Crippen LogP contribution in [0, 0.1) is 0 Å². The molecule has 2 amide bonds. The summed E-state index contributed by atoms with van der Waals surface area (Å²) in [5, 5.41) is 4.18. The van der Waals surface area contributed by atoms with Gasteiger partial charge in [-0.05, 0) is 55.9 Å². The fourth-order valence-corrected chi connectivity index (χ4v) is 6.58. The van der Waals surface area contributed by atoms with Crippen LogP contribution in [0.15, 0.2) is 27.6 Å². The summed E-state index contributed by atoms with van der Waals surface area (Å²) in [6.07, 6.45) is 3.80. The second-order valence-electron chi connectivity index (χ2n) is 9.81. The number of benzene rings is 1. The minimum Gasteiger partial charge on any atom is -0.381 e. The van der Waals surface area contributed by atoms with Gasteiger partial charge < -0.3 is 19.1 Å². The topological polar surface area (TPSA) is 123 Å². The number of nitrogens with zero attached hydrogens (tertiary/aromatic N) is 4. The van der Waals surface area contributed by atoms with Crippen LogP contribution in [0.25, 0.3) is 0 Å². The average Bonchev–Trinajstić information content (AvgIpc) is 3.55. The second kappa shape index (κ2) is 10.3. The van der Waals surface area contributed by atoms with Crippen molar-refractivity contribution in [2.75, 3.05) is 43.5 Å². The lowest BCUT2D eigenvalue weighted by Gasteiger charge is -2.30. The van der Waals surface area contributed by atoms with Gasteiger partial charge in [0.15, 0.2) is 15.7 Å². The first-order chi connectivity index (χ1) is 17.3. The van der Waals surface area contributed by atoms with Crippen LogP contribution < -0.4 is 4.90 Å². The zero-order valence-corrected chi connectivity index (χ0v) is 21.3. The van der Waals surface area contributed by atoms with E-state index in [2.05, 4.69) is 10.1 Å². The van der Waals surface area contributed by atoms with Crippen LogP contribution in [0.4, 0.5) is 5.69 Å². The number of hydrogen-bond acceptors (Lipinski definition) is 8. The number of amides is 2. The summed E-state index contributed by atoms with van der Waals surface area (Å²) in [7, 11) is -3.61. The maximum Gasteiger partial charge on any atom is 0.229 e. The molecule has 1 aromatic heterocycles. The van der Waals surface area contributed by atoms with Crippen molar-refractivity contribution in [1.82, 2.24) is 15.0 Å². The zero-order valence-electron chi connectivity index (χ0n) is 20.5. The molecule has 36 heavy (non-hydrogen) atoms. The molecular weight excluding hydrogens is 484 g/mol. The monoisotopic (exact) mass is 516 g/mol. The summed E-state index contributed by atoms with van der Waals surface area (Å²) in [5.41, 5.74) is 1.61. The van der Waals surface area contributed by atoms with Crippen molar-refractivity contribution in [1.29, 1.82) is 0 Å². The van der Waals surface area contributed by atoms with Crippen molar-refractivity contribution in [2.24, 2.45) is 0 Å². The van der Waals surface area contributed by atoms with Gasteiger partial charge in [-0.1, -0.05) is 5.16 Å². The fraction of sp³-hybridized carbons (Fsp3) is 0.600. The third kappa shape index (κ3) is 5.17. The van der Waals surface area contributed by atoms with Crippen LogP contribution in [-0.4, -0.2) is 73.9 Å². The summed E-state index contributed by atoms with van der Waals surface area (Å²) in [4.78, 5) is 32.7. The van der Waals surface area contributed by atoms with Gasteiger partial charge in [-0.25, -0.2) is 8.42 Å². The molecule has 194 valence electrons. The zero-order chi connectivity index (χ0) is 25.3. The minimum atomic E-state index is -3.61. The molecule has 0 N–H and O–H groups in total. The molecule has 1 aromatic carbocycles.